The summed E-state index contributed by atoms with van der Waals surface area (Å²) in [6, 6.07) is 7.83. The second-order valence-corrected chi connectivity index (χ2v) is 6.50. The van der Waals surface area contributed by atoms with Crippen LogP contribution in [0.3, 0.4) is 0 Å². The number of nitro benzene ring substituents is 1. The molecule has 1 aromatic carbocycles. The predicted molar refractivity (Wildman–Crippen MR) is 92.2 cm³/mol. The highest BCUT2D eigenvalue weighted by molar-refractivity contribution is 7.16. The van der Waals surface area contributed by atoms with Gasteiger partial charge in [-0.15, -0.1) is 17.9 Å². The van der Waals surface area contributed by atoms with Crippen LogP contribution < -0.4 is 10.6 Å². The van der Waals surface area contributed by atoms with Crippen molar-refractivity contribution in [3.05, 3.63) is 67.9 Å². The highest BCUT2D eigenvalue weighted by Gasteiger charge is 2.21. The summed E-state index contributed by atoms with van der Waals surface area (Å²) in [6.07, 6.45) is 1.65. The number of hydrogen-bond donors (Lipinski definition) is 1. The minimum atomic E-state index is -0.708. The van der Waals surface area contributed by atoms with Gasteiger partial charge in [-0.1, -0.05) is 17.7 Å². The molecule has 6 nitrogen and oxygen atoms in total. The molecule has 8 heteroatoms. The SMILES string of the molecule is C=CCN(Cc1ccc(Cl)s1)c1ccc(C(N)=O)cc1[N+](=O)[O-]. The van der Waals surface area contributed by atoms with Gasteiger partial charge in [0.25, 0.3) is 5.69 Å². The van der Waals surface area contributed by atoms with Crippen molar-refractivity contribution in [1.29, 1.82) is 0 Å². The number of nitrogens with zero attached hydrogens (tertiary/aromatic N) is 2. The van der Waals surface area contributed by atoms with Crippen LogP contribution in [0.15, 0.2) is 43.0 Å². The molecule has 0 aliphatic rings. The zero-order valence-corrected chi connectivity index (χ0v) is 13.6. The summed E-state index contributed by atoms with van der Waals surface area (Å²) in [6.45, 7) is 4.54. The van der Waals surface area contributed by atoms with E-state index < -0.39 is 10.8 Å². The monoisotopic (exact) mass is 351 g/mol. The van der Waals surface area contributed by atoms with E-state index in [0.29, 0.717) is 23.1 Å². The summed E-state index contributed by atoms with van der Waals surface area (Å²) in [5.74, 6) is -0.708. The summed E-state index contributed by atoms with van der Waals surface area (Å²) >= 11 is 7.33. The maximum atomic E-state index is 11.3. The standard InChI is InChI=1S/C15H14ClN3O3S/c1-2-7-18(9-11-4-6-14(16)23-11)12-5-3-10(15(17)20)8-13(12)19(21)22/h2-6,8H,1,7,9H2,(H2,17,20). The molecular weight excluding hydrogens is 338 g/mol. The fourth-order valence-corrected chi connectivity index (χ4v) is 3.22. The number of benzene rings is 1. The molecule has 2 rings (SSSR count). The molecule has 0 unspecified atom stereocenters. The van der Waals surface area contributed by atoms with E-state index in [-0.39, 0.29) is 11.3 Å². The number of amides is 1. The van der Waals surface area contributed by atoms with Gasteiger partial charge in [-0.3, -0.25) is 14.9 Å². The number of nitro groups is 1. The average molecular weight is 352 g/mol. The van der Waals surface area contributed by atoms with Crippen LogP contribution in [0.2, 0.25) is 4.34 Å². The van der Waals surface area contributed by atoms with Gasteiger partial charge in [0.1, 0.15) is 5.69 Å². The lowest BCUT2D eigenvalue weighted by Gasteiger charge is -2.22. The van der Waals surface area contributed by atoms with Gasteiger partial charge in [-0.2, -0.15) is 0 Å². The molecule has 1 heterocycles. The summed E-state index contributed by atoms with van der Waals surface area (Å²) in [5.41, 5.74) is 5.50. The smallest absolute Gasteiger partial charge is 0.293 e. The van der Waals surface area contributed by atoms with E-state index in [9.17, 15) is 14.9 Å². The molecule has 0 aliphatic heterocycles. The third kappa shape index (κ3) is 4.08. The van der Waals surface area contributed by atoms with Gasteiger partial charge in [0.05, 0.1) is 15.8 Å². The van der Waals surface area contributed by atoms with Crippen molar-refractivity contribution < 1.29 is 9.72 Å². The largest absolute Gasteiger partial charge is 0.366 e. The Morgan fingerprint density at radius 2 is 2.17 bits per heavy atom. The molecular formula is C15H14ClN3O3S. The summed E-state index contributed by atoms with van der Waals surface area (Å²) < 4.78 is 0.650. The average Bonchev–Trinajstić information content (AvgIpc) is 2.91. The Labute approximate surface area is 141 Å². The molecule has 0 aliphatic carbocycles. The van der Waals surface area contributed by atoms with Gasteiger partial charge in [-0.25, -0.2) is 0 Å². The number of carbonyl (C=O) groups is 1. The van der Waals surface area contributed by atoms with E-state index in [1.54, 1.807) is 17.0 Å². The Kier molecular flexibility index (Phi) is 5.36. The van der Waals surface area contributed by atoms with Gasteiger partial charge in [0.15, 0.2) is 0 Å². The molecule has 0 spiro atoms. The van der Waals surface area contributed by atoms with Crippen LogP contribution in [-0.4, -0.2) is 17.4 Å². The first-order valence-electron chi connectivity index (χ1n) is 6.60. The fourth-order valence-electron chi connectivity index (χ4n) is 2.12. The normalized spacial score (nSPS) is 10.3. The number of thiophene rings is 1. The van der Waals surface area contributed by atoms with Crippen LogP contribution >= 0.6 is 22.9 Å². The topological polar surface area (TPSA) is 89.5 Å². The number of carbonyl (C=O) groups excluding carboxylic acids is 1. The van der Waals surface area contributed by atoms with Gasteiger partial charge in [-0.05, 0) is 24.3 Å². The van der Waals surface area contributed by atoms with Crippen LogP contribution in [-0.2, 0) is 6.54 Å². The summed E-state index contributed by atoms with van der Waals surface area (Å²) in [5, 5.41) is 11.3. The molecule has 2 N–H and O–H groups in total. The van der Waals surface area contributed by atoms with Crippen molar-refractivity contribution in [3.63, 3.8) is 0 Å². The van der Waals surface area contributed by atoms with Crippen molar-refractivity contribution in [1.82, 2.24) is 0 Å². The Hall–Kier alpha value is -2.38. The second-order valence-electron chi connectivity index (χ2n) is 4.70. The van der Waals surface area contributed by atoms with Gasteiger partial charge in [0, 0.05) is 23.1 Å². The quantitative estimate of drug-likeness (QED) is 0.469. The van der Waals surface area contributed by atoms with Crippen LogP contribution in [0.4, 0.5) is 11.4 Å². The van der Waals surface area contributed by atoms with E-state index in [1.807, 2.05) is 6.07 Å². The van der Waals surface area contributed by atoms with Crippen molar-refractivity contribution in [2.75, 3.05) is 11.4 Å². The lowest BCUT2D eigenvalue weighted by atomic mass is 10.1. The fraction of sp³-hybridized carbons (Fsp3) is 0.133. The second kappa shape index (κ2) is 7.26. The Morgan fingerprint density at radius 3 is 2.70 bits per heavy atom. The van der Waals surface area contributed by atoms with Crippen molar-refractivity contribution in [2.24, 2.45) is 5.73 Å². The molecule has 0 saturated heterocycles. The minimum absolute atomic E-state index is 0.0955. The highest BCUT2D eigenvalue weighted by atomic mass is 35.5. The predicted octanol–water partition coefficient (Wildman–Crippen LogP) is 3.60. The van der Waals surface area contributed by atoms with Crippen LogP contribution in [0, 0.1) is 10.1 Å². The third-order valence-corrected chi connectivity index (χ3v) is 4.34. The minimum Gasteiger partial charge on any atom is -0.366 e. The van der Waals surface area contributed by atoms with Crippen molar-refractivity contribution in [3.8, 4) is 0 Å². The van der Waals surface area contributed by atoms with Gasteiger partial charge < -0.3 is 10.6 Å². The van der Waals surface area contributed by atoms with E-state index >= 15 is 0 Å². The molecule has 23 heavy (non-hydrogen) atoms. The number of halogens is 1. The molecule has 120 valence electrons. The molecule has 0 radical (unpaired) electrons. The zero-order chi connectivity index (χ0) is 17.0. The third-order valence-electron chi connectivity index (χ3n) is 3.12. The van der Waals surface area contributed by atoms with Gasteiger partial charge >= 0.3 is 0 Å². The van der Waals surface area contributed by atoms with E-state index in [1.165, 1.54) is 29.5 Å². The summed E-state index contributed by atoms with van der Waals surface area (Å²) in [7, 11) is 0. The van der Waals surface area contributed by atoms with E-state index in [2.05, 4.69) is 6.58 Å². The van der Waals surface area contributed by atoms with Crippen LogP contribution in [0.1, 0.15) is 15.2 Å². The molecule has 0 saturated carbocycles. The molecule has 1 aromatic heterocycles. The molecule has 0 atom stereocenters. The first-order valence-corrected chi connectivity index (χ1v) is 7.80. The number of primary amides is 1. The molecule has 2 aromatic rings. The zero-order valence-electron chi connectivity index (χ0n) is 12.1. The number of hydrogen-bond acceptors (Lipinski definition) is 5. The molecule has 0 fully saturated rings. The Balaban J connectivity index is 2.43. The van der Waals surface area contributed by atoms with E-state index in [0.717, 1.165) is 4.88 Å². The molecule has 1 amide bonds. The first kappa shape index (κ1) is 17.0. The van der Waals surface area contributed by atoms with Gasteiger partial charge in [0.2, 0.25) is 5.91 Å². The Morgan fingerprint density at radius 1 is 1.43 bits per heavy atom. The van der Waals surface area contributed by atoms with E-state index in [4.69, 9.17) is 17.3 Å². The number of nitrogens with two attached hydrogens (primary N) is 1. The summed E-state index contributed by atoms with van der Waals surface area (Å²) in [4.78, 5) is 24.8. The van der Waals surface area contributed by atoms with Crippen LogP contribution in [0.5, 0.6) is 0 Å². The number of anilines is 1. The highest BCUT2D eigenvalue weighted by Crippen LogP contribution is 2.32. The first-order chi connectivity index (χ1) is 10.9. The molecule has 0 bridgehead atoms. The lowest BCUT2D eigenvalue weighted by Crippen LogP contribution is -2.23. The maximum absolute atomic E-state index is 11.3. The lowest BCUT2D eigenvalue weighted by molar-refractivity contribution is -0.384. The van der Waals surface area contributed by atoms with Crippen LogP contribution in [0.25, 0.3) is 0 Å². The van der Waals surface area contributed by atoms with Crippen molar-refractivity contribution >= 4 is 40.2 Å². The number of rotatable bonds is 7. The maximum Gasteiger partial charge on any atom is 0.293 e. The Bertz CT molecular complexity index is 760. The van der Waals surface area contributed by atoms with Crippen molar-refractivity contribution in [2.45, 2.75) is 6.54 Å².